The number of hydrogen-bond acceptors (Lipinski definition) is 7. The number of esters is 2. The zero-order valence-corrected chi connectivity index (χ0v) is 28.6. The largest absolute Gasteiger partial charge is 0.465 e. The molecule has 0 N–H and O–H groups in total. The second-order valence-electron chi connectivity index (χ2n) is 13.4. The van der Waals surface area contributed by atoms with Crippen LogP contribution in [0.5, 0.6) is 0 Å². The van der Waals surface area contributed by atoms with Crippen molar-refractivity contribution in [2.24, 2.45) is 10.8 Å². The number of ether oxygens (including phenoxy) is 4. The Kier molecular flexibility index (Phi) is 11.5. The van der Waals surface area contributed by atoms with E-state index >= 15 is 0 Å². The van der Waals surface area contributed by atoms with E-state index < -0.39 is 38.3 Å². The molecule has 8 heteroatoms. The molecule has 1 aliphatic heterocycles. The van der Waals surface area contributed by atoms with Crippen molar-refractivity contribution in [1.29, 1.82) is 0 Å². The van der Waals surface area contributed by atoms with Gasteiger partial charge in [-0.2, -0.15) is 0 Å². The van der Waals surface area contributed by atoms with Crippen LogP contribution in [0.2, 0.25) is 5.04 Å². The molecule has 7 nitrogen and oxygen atoms in total. The third-order valence-electron chi connectivity index (χ3n) is 9.64. The highest BCUT2D eigenvalue weighted by molar-refractivity contribution is 6.99. The summed E-state index contributed by atoms with van der Waals surface area (Å²) in [5.41, 5.74) is -1.76. The summed E-state index contributed by atoms with van der Waals surface area (Å²) in [6.45, 7) is 13.0. The first-order valence-corrected chi connectivity index (χ1v) is 18.4. The summed E-state index contributed by atoms with van der Waals surface area (Å²) in [6, 6.07) is 21.4. The van der Waals surface area contributed by atoms with Gasteiger partial charge in [0.05, 0.1) is 13.2 Å². The molecule has 1 aliphatic carbocycles. The highest BCUT2D eigenvalue weighted by Crippen LogP contribution is 2.49. The molecule has 1 saturated carbocycles. The maximum absolute atomic E-state index is 13.6. The van der Waals surface area contributed by atoms with Crippen molar-refractivity contribution in [3.8, 4) is 0 Å². The maximum Gasteiger partial charge on any atom is 0.328 e. The van der Waals surface area contributed by atoms with Gasteiger partial charge in [0.2, 0.25) is 5.41 Å². The summed E-state index contributed by atoms with van der Waals surface area (Å²) >= 11 is 0. The summed E-state index contributed by atoms with van der Waals surface area (Å²) < 4.78 is 29.9. The van der Waals surface area contributed by atoms with E-state index in [1.165, 1.54) is 16.8 Å². The van der Waals surface area contributed by atoms with Crippen molar-refractivity contribution in [2.75, 3.05) is 19.8 Å². The number of rotatable bonds is 14. The molecule has 0 amide bonds. The fourth-order valence-corrected chi connectivity index (χ4v) is 11.8. The molecule has 2 aromatic rings. The molecular formula is C36H52O7Si. The molecule has 44 heavy (non-hydrogen) atoms. The number of carbonyl (C=O) groups is 2. The van der Waals surface area contributed by atoms with Crippen molar-refractivity contribution in [3.63, 3.8) is 0 Å². The second-order valence-corrected chi connectivity index (χ2v) is 17.7. The lowest BCUT2D eigenvalue weighted by molar-refractivity contribution is -0.403. The summed E-state index contributed by atoms with van der Waals surface area (Å²) in [7, 11) is -2.69. The van der Waals surface area contributed by atoms with Crippen LogP contribution in [-0.4, -0.2) is 52.7 Å². The van der Waals surface area contributed by atoms with Crippen LogP contribution >= 0.6 is 0 Å². The Labute approximate surface area is 265 Å². The minimum Gasteiger partial charge on any atom is -0.465 e. The lowest BCUT2D eigenvalue weighted by atomic mass is 9.66. The Bertz CT molecular complexity index is 1140. The highest BCUT2D eigenvalue weighted by Gasteiger charge is 2.61. The van der Waals surface area contributed by atoms with Crippen LogP contribution in [0.4, 0.5) is 0 Å². The quantitative estimate of drug-likeness (QED) is 0.135. The Morgan fingerprint density at radius 1 is 0.818 bits per heavy atom. The first kappa shape index (κ1) is 34.4. The van der Waals surface area contributed by atoms with Gasteiger partial charge in [0, 0.05) is 6.61 Å². The predicted molar refractivity (Wildman–Crippen MR) is 174 cm³/mol. The van der Waals surface area contributed by atoms with Crippen molar-refractivity contribution in [3.05, 3.63) is 60.7 Å². The van der Waals surface area contributed by atoms with Gasteiger partial charge < -0.3 is 23.4 Å². The van der Waals surface area contributed by atoms with E-state index in [1.807, 2.05) is 0 Å². The lowest BCUT2D eigenvalue weighted by Crippen LogP contribution is -2.66. The van der Waals surface area contributed by atoms with E-state index in [0.717, 1.165) is 32.1 Å². The normalized spacial score (nSPS) is 20.4. The van der Waals surface area contributed by atoms with Crippen molar-refractivity contribution < 1.29 is 33.0 Å². The van der Waals surface area contributed by atoms with Gasteiger partial charge in [0.15, 0.2) is 12.6 Å². The zero-order valence-electron chi connectivity index (χ0n) is 27.6. The second kappa shape index (κ2) is 14.7. The molecule has 2 aromatic carbocycles. The van der Waals surface area contributed by atoms with E-state index in [-0.39, 0.29) is 30.1 Å². The SMILES string of the molecule is CCOC(=O)C(CCC1(CCO[Si](c2ccccc2)(c2ccccc2)C(C)(C)C)CCCCC1)(C(=O)OCC)C1OC(C)O1. The van der Waals surface area contributed by atoms with Crippen LogP contribution in [-0.2, 0) is 33.0 Å². The van der Waals surface area contributed by atoms with Crippen molar-refractivity contribution >= 4 is 30.6 Å². The van der Waals surface area contributed by atoms with E-state index in [2.05, 4.69) is 81.4 Å². The fraction of sp³-hybridized carbons (Fsp3) is 0.611. The number of carbonyl (C=O) groups excluding carboxylic acids is 2. The summed E-state index contributed by atoms with van der Waals surface area (Å²) in [5, 5.41) is 2.40. The zero-order chi connectivity index (χ0) is 31.8. The monoisotopic (exact) mass is 624 g/mol. The van der Waals surface area contributed by atoms with Crippen LogP contribution in [0.1, 0.15) is 92.9 Å². The number of hydrogen-bond donors (Lipinski definition) is 0. The molecule has 0 aromatic heterocycles. The van der Waals surface area contributed by atoms with Gasteiger partial charge in [-0.15, -0.1) is 0 Å². The molecule has 2 aliphatic rings. The minimum absolute atomic E-state index is 0.0940. The van der Waals surface area contributed by atoms with Gasteiger partial charge in [-0.3, -0.25) is 9.59 Å². The van der Waals surface area contributed by atoms with Gasteiger partial charge >= 0.3 is 11.9 Å². The Morgan fingerprint density at radius 3 is 1.75 bits per heavy atom. The van der Waals surface area contributed by atoms with E-state index in [4.69, 9.17) is 23.4 Å². The molecule has 2 fully saturated rings. The van der Waals surface area contributed by atoms with E-state index in [9.17, 15) is 9.59 Å². The first-order valence-electron chi connectivity index (χ1n) is 16.4. The predicted octanol–water partition coefficient (Wildman–Crippen LogP) is 6.52. The average molecular weight is 625 g/mol. The molecule has 0 spiro atoms. The van der Waals surface area contributed by atoms with Crippen molar-refractivity contribution in [1.82, 2.24) is 0 Å². The summed E-state index contributed by atoms with van der Waals surface area (Å²) in [4.78, 5) is 27.1. The Balaban J connectivity index is 1.64. The van der Waals surface area contributed by atoms with Crippen molar-refractivity contribution in [2.45, 2.75) is 111 Å². The molecule has 0 radical (unpaired) electrons. The van der Waals surface area contributed by atoms with Gasteiger partial charge in [-0.1, -0.05) is 101 Å². The van der Waals surface area contributed by atoms with Crippen LogP contribution in [0, 0.1) is 10.8 Å². The summed E-state index contributed by atoms with van der Waals surface area (Å²) in [6.07, 6.45) is 5.64. The Hall–Kier alpha value is -2.52. The van der Waals surface area contributed by atoms with Gasteiger partial charge in [-0.05, 0) is 73.7 Å². The molecule has 4 rings (SSSR count). The standard InChI is InChI=1S/C36H52O7Si/c1-7-39-31(37)36(32(38)40-8-2,33-42-28(3)43-33)25-24-35(22-16-11-17-23-35)26-27-41-44(34(4,5)6,29-18-12-9-13-19-29)30-20-14-10-15-21-30/h9-10,12-15,18-21,28,33H,7-8,11,16-17,22-27H2,1-6H3. The average Bonchev–Trinajstić information content (AvgIpc) is 3.00. The topological polar surface area (TPSA) is 80.3 Å². The number of benzene rings is 2. The first-order chi connectivity index (χ1) is 21.0. The molecule has 0 unspecified atom stereocenters. The molecule has 0 atom stereocenters. The van der Waals surface area contributed by atoms with Crippen LogP contribution in [0.25, 0.3) is 0 Å². The van der Waals surface area contributed by atoms with Crippen LogP contribution in [0.3, 0.4) is 0 Å². The Morgan fingerprint density at radius 2 is 1.32 bits per heavy atom. The van der Waals surface area contributed by atoms with Crippen LogP contribution < -0.4 is 10.4 Å². The lowest BCUT2D eigenvalue weighted by Gasteiger charge is -2.47. The van der Waals surface area contributed by atoms with Gasteiger partial charge in [-0.25, -0.2) is 0 Å². The van der Waals surface area contributed by atoms with Crippen LogP contribution in [0.15, 0.2) is 60.7 Å². The molecule has 0 bridgehead atoms. The van der Waals surface area contributed by atoms with E-state index in [1.54, 1.807) is 20.8 Å². The molecule has 242 valence electrons. The fourth-order valence-electron chi connectivity index (χ4n) is 7.28. The van der Waals surface area contributed by atoms with E-state index in [0.29, 0.717) is 13.0 Å². The highest BCUT2D eigenvalue weighted by atomic mass is 28.4. The smallest absolute Gasteiger partial charge is 0.328 e. The van der Waals surface area contributed by atoms with Gasteiger partial charge in [0.1, 0.15) is 0 Å². The maximum atomic E-state index is 13.6. The molecular weight excluding hydrogens is 572 g/mol. The third-order valence-corrected chi connectivity index (χ3v) is 14.7. The summed E-state index contributed by atoms with van der Waals surface area (Å²) in [5.74, 6) is -1.27. The molecule has 1 saturated heterocycles. The molecule has 1 heterocycles. The minimum atomic E-state index is -2.69. The van der Waals surface area contributed by atoms with Gasteiger partial charge in [0.25, 0.3) is 8.32 Å². The third kappa shape index (κ3) is 6.98.